The van der Waals surface area contributed by atoms with Crippen LogP contribution in [0.15, 0.2) is 111 Å². The number of methoxy groups -OCH3 is 1. The highest BCUT2D eigenvalue weighted by Crippen LogP contribution is 2.37. The highest BCUT2D eigenvalue weighted by molar-refractivity contribution is 7.10. The maximum Gasteiger partial charge on any atom is 0.271 e. The van der Waals surface area contributed by atoms with Crippen LogP contribution in [-0.4, -0.2) is 17.6 Å². The number of carbonyl (C=O) groups is 1. The van der Waals surface area contributed by atoms with Crippen molar-refractivity contribution in [3.63, 3.8) is 0 Å². The van der Waals surface area contributed by atoms with E-state index in [1.807, 2.05) is 78.2 Å². The lowest BCUT2D eigenvalue weighted by atomic mass is 10.0. The third kappa shape index (κ3) is 5.92. The molecule has 1 aliphatic heterocycles. The third-order valence-electron chi connectivity index (χ3n) is 6.89. The van der Waals surface area contributed by atoms with Crippen molar-refractivity contribution in [1.82, 2.24) is 4.57 Å². The first-order valence-electron chi connectivity index (χ1n) is 13.4. The summed E-state index contributed by atoms with van der Waals surface area (Å²) in [4.78, 5) is 33.7. The molecule has 6 rings (SSSR count). The van der Waals surface area contributed by atoms with E-state index in [0.29, 0.717) is 55.0 Å². The smallest absolute Gasteiger partial charge is 0.271 e. The zero-order valence-corrected chi connectivity index (χ0v) is 25.6. The number of aromatic nitrogens is 1. The Kier molecular flexibility index (Phi) is 8.29. The molecule has 3 heterocycles. The Bertz CT molecular complexity index is 2000. The Morgan fingerprint density at radius 1 is 1.07 bits per heavy atom. The number of thiophene rings is 1. The van der Waals surface area contributed by atoms with Gasteiger partial charge in [0, 0.05) is 10.6 Å². The van der Waals surface area contributed by atoms with Crippen LogP contribution in [0.5, 0.6) is 11.5 Å². The number of benzene rings is 3. The zero-order chi connectivity index (χ0) is 29.9. The maximum absolute atomic E-state index is 14.0. The largest absolute Gasteiger partial charge is 0.493 e. The van der Waals surface area contributed by atoms with Gasteiger partial charge in [-0.25, -0.2) is 4.99 Å². The number of allylic oxidation sites excluding steroid dienone is 1. The first kappa shape index (κ1) is 28.7. The summed E-state index contributed by atoms with van der Waals surface area (Å²) < 4.78 is 13.6. The number of nitrogens with zero attached hydrogens (tertiary/aromatic N) is 2. The number of rotatable bonds is 8. The van der Waals surface area contributed by atoms with E-state index < -0.39 is 6.04 Å². The number of ether oxygens (including phenoxy) is 2. The Balaban J connectivity index is 1.38. The molecule has 1 aliphatic rings. The van der Waals surface area contributed by atoms with Crippen LogP contribution in [0.3, 0.4) is 0 Å². The van der Waals surface area contributed by atoms with Crippen molar-refractivity contribution in [2.75, 3.05) is 12.4 Å². The fourth-order valence-electron chi connectivity index (χ4n) is 4.89. The van der Waals surface area contributed by atoms with E-state index >= 15 is 0 Å². The highest BCUT2D eigenvalue weighted by Gasteiger charge is 2.33. The summed E-state index contributed by atoms with van der Waals surface area (Å²) in [6.45, 7) is 2.13. The summed E-state index contributed by atoms with van der Waals surface area (Å²) in [5, 5.41) is 5.26. The minimum atomic E-state index is -0.617. The second-order valence-electron chi connectivity index (χ2n) is 9.73. The van der Waals surface area contributed by atoms with Crippen molar-refractivity contribution < 1.29 is 14.3 Å². The van der Waals surface area contributed by atoms with Gasteiger partial charge in [-0.15, -0.1) is 11.3 Å². The van der Waals surface area contributed by atoms with Gasteiger partial charge in [-0.1, -0.05) is 77.5 Å². The lowest BCUT2D eigenvalue weighted by Crippen LogP contribution is -2.40. The van der Waals surface area contributed by atoms with E-state index in [9.17, 15) is 9.59 Å². The van der Waals surface area contributed by atoms with Crippen molar-refractivity contribution in [2.24, 2.45) is 4.99 Å². The quantitative estimate of drug-likeness (QED) is 0.223. The molecule has 0 unspecified atom stereocenters. The van der Waals surface area contributed by atoms with Crippen molar-refractivity contribution in [2.45, 2.75) is 19.6 Å². The van der Waals surface area contributed by atoms with Gasteiger partial charge in [-0.05, 0) is 59.8 Å². The molecule has 0 fully saturated rings. The normalized spacial score (nSPS) is 14.7. The molecule has 0 saturated heterocycles. The lowest BCUT2D eigenvalue weighted by Gasteiger charge is -2.24. The molecule has 7 nitrogen and oxygen atoms in total. The number of hydrogen-bond acceptors (Lipinski definition) is 7. The predicted molar refractivity (Wildman–Crippen MR) is 172 cm³/mol. The Labute approximate surface area is 260 Å². The van der Waals surface area contributed by atoms with E-state index in [1.54, 1.807) is 36.8 Å². The van der Waals surface area contributed by atoms with E-state index in [0.717, 1.165) is 10.4 Å². The standard InChI is InChI=1S/C33H26ClN3O4S2/c1-20-28(31(38)36-23-12-7-4-8-13-23)29(26-14-9-15-42-26)37-32(39)27(43-33(37)35-20)18-22-16-24(34)30(25(17-22)40-2)41-19-21-10-5-3-6-11-21/h3-18,29H,19H2,1-2H3,(H,36,38)/b27-18+/t29-/m0/s1. The van der Waals surface area contributed by atoms with Gasteiger partial charge < -0.3 is 14.8 Å². The van der Waals surface area contributed by atoms with E-state index in [-0.39, 0.29) is 11.5 Å². The number of thiazole rings is 1. The van der Waals surface area contributed by atoms with Gasteiger partial charge in [-0.2, -0.15) is 0 Å². The molecule has 0 radical (unpaired) electrons. The van der Waals surface area contributed by atoms with Crippen molar-refractivity contribution in [1.29, 1.82) is 0 Å². The fraction of sp³-hybridized carbons (Fsp3) is 0.121. The molecule has 10 heteroatoms. The number of fused-ring (bicyclic) bond motifs is 1. The summed E-state index contributed by atoms with van der Waals surface area (Å²) in [6, 6.07) is 25.7. The van der Waals surface area contributed by atoms with Crippen molar-refractivity contribution in [3.8, 4) is 11.5 Å². The summed E-state index contributed by atoms with van der Waals surface area (Å²) >= 11 is 9.39. The van der Waals surface area contributed by atoms with Crippen LogP contribution in [0, 0.1) is 0 Å². The van der Waals surface area contributed by atoms with Gasteiger partial charge in [0.05, 0.1) is 27.9 Å². The molecule has 0 bridgehead atoms. The Morgan fingerprint density at radius 3 is 2.51 bits per heavy atom. The summed E-state index contributed by atoms with van der Waals surface area (Å²) in [5.41, 5.74) is 3.07. The van der Waals surface area contributed by atoms with E-state index in [1.165, 1.54) is 22.7 Å². The second-order valence-corrected chi connectivity index (χ2v) is 12.1. The third-order valence-corrected chi connectivity index (χ3v) is 9.07. The Hall–Kier alpha value is -4.44. The van der Waals surface area contributed by atoms with E-state index in [2.05, 4.69) is 5.32 Å². The van der Waals surface area contributed by atoms with Gasteiger partial charge in [0.1, 0.15) is 12.6 Å². The molecule has 2 aromatic heterocycles. The molecule has 1 amide bonds. The lowest BCUT2D eigenvalue weighted by molar-refractivity contribution is -0.113. The fourth-order valence-corrected chi connectivity index (χ4v) is 7.04. The minimum absolute atomic E-state index is 0.251. The van der Waals surface area contributed by atoms with Gasteiger partial charge in [0.15, 0.2) is 16.3 Å². The number of amides is 1. The average Bonchev–Trinajstić information content (AvgIpc) is 3.65. The summed E-state index contributed by atoms with van der Waals surface area (Å²) in [6.07, 6.45) is 1.76. The molecule has 1 N–H and O–H groups in total. The first-order chi connectivity index (χ1) is 20.9. The SMILES string of the molecule is COc1cc(/C=c2/sc3n(c2=O)[C@@H](c2cccs2)C(C(=O)Nc2ccccc2)=C(C)N=3)cc(Cl)c1OCc1ccccc1. The number of para-hydroxylation sites is 1. The topological polar surface area (TPSA) is 81.9 Å². The molecular weight excluding hydrogens is 602 g/mol. The minimum Gasteiger partial charge on any atom is -0.493 e. The summed E-state index contributed by atoms with van der Waals surface area (Å²) in [7, 11) is 1.55. The van der Waals surface area contributed by atoms with Crippen LogP contribution < -0.4 is 29.7 Å². The van der Waals surface area contributed by atoms with E-state index in [4.69, 9.17) is 26.1 Å². The molecule has 5 aromatic rings. The summed E-state index contributed by atoms with van der Waals surface area (Å²) in [5.74, 6) is 0.575. The van der Waals surface area contributed by atoms with Gasteiger partial charge in [-0.3, -0.25) is 14.2 Å². The van der Waals surface area contributed by atoms with Crippen LogP contribution >= 0.6 is 34.3 Å². The van der Waals surface area contributed by atoms with Crippen LogP contribution in [0.2, 0.25) is 5.02 Å². The molecule has 0 spiro atoms. The molecule has 43 heavy (non-hydrogen) atoms. The molecule has 216 valence electrons. The van der Waals surface area contributed by atoms with Gasteiger partial charge >= 0.3 is 0 Å². The van der Waals surface area contributed by atoms with Crippen LogP contribution in [-0.2, 0) is 11.4 Å². The van der Waals surface area contributed by atoms with Crippen LogP contribution in [0.1, 0.15) is 29.0 Å². The molecule has 1 atom stereocenters. The molecule has 3 aromatic carbocycles. The molecule has 0 saturated carbocycles. The zero-order valence-electron chi connectivity index (χ0n) is 23.2. The number of nitrogens with one attached hydrogen (secondary N) is 1. The predicted octanol–water partition coefficient (Wildman–Crippen LogP) is 6.18. The van der Waals surface area contributed by atoms with Crippen molar-refractivity contribution >= 4 is 51.9 Å². The van der Waals surface area contributed by atoms with Crippen LogP contribution in [0.25, 0.3) is 6.08 Å². The van der Waals surface area contributed by atoms with Gasteiger partial charge in [0.25, 0.3) is 11.5 Å². The second kappa shape index (κ2) is 12.4. The average molecular weight is 628 g/mol. The Morgan fingerprint density at radius 2 is 1.81 bits per heavy atom. The first-order valence-corrected chi connectivity index (χ1v) is 15.5. The number of carbonyl (C=O) groups excluding carboxylic acids is 1. The number of halogens is 1. The number of anilines is 1. The van der Waals surface area contributed by atoms with Crippen molar-refractivity contribution in [3.05, 3.63) is 142 Å². The van der Waals surface area contributed by atoms with Crippen LogP contribution in [0.4, 0.5) is 5.69 Å². The van der Waals surface area contributed by atoms with Gasteiger partial charge in [0.2, 0.25) is 0 Å². The molecular formula is C33H26ClN3O4S2. The highest BCUT2D eigenvalue weighted by atomic mass is 35.5. The molecule has 0 aliphatic carbocycles. The monoisotopic (exact) mass is 627 g/mol. The number of hydrogen-bond donors (Lipinski definition) is 1. The maximum atomic E-state index is 14.0.